The zero-order chi connectivity index (χ0) is 22.7. The molecule has 0 saturated heterocycles. The lowest BCUT2D eigenvalue weighted by atomic mass is 10.1. The number of aromatic nitrogens is 2. The number of imidazole rings is 1. The van der Waals surface area contributed by atoms with E-state index >= 15 is 0 Å². The molecule has 0 bridgehead atoms. The fraction of sp³-hybridized carbons (Fsp3) is 0.0417. The van der Waals surface area contributed by atoms with E-state index in [4.69, 9.17) is 33.0 Å². The van der Waals surface area contributed by atoms with Crippen LogP contribution in [0.5, 0.6) is 5.75 Å². The van der Waals surface area contributed by atoms with Gasteiger partial charge >= 0.3 is 5.97 Å². The number of nitriles is 1. The maximum absolute atomic E-state index is 11.0. The van der Waals surface area contributed by atoms with Crippen LogP contribution in [0.1, 0.15) is 27.3 Å². The first-order chi connectivity index (χ1) is 15.4. The van der Waals surface area contributed by atoms with E-state index in [9.17, 15) is 10.1 Å². The molecule has 0 fully saturated rings. The summed E-state index contributed by atoms with van der Waals surface area (Å²) in [5.41, 5.74) is 3.31. The van der Waals surface area contributed by atoms with Crippen LogP contribution in [0.4, 0.5) is 0 Å². The number of aromatic carboxylic acids is 1. The van der Waals surface area contributed by atoms with Gasteiger partial charge in [-0.25, -0.2) is 9.78 Å². The predicted molar refractivity (Wildman–Crippen MR) is 124 cm³/mol. The van der Waals surface area contributed by atoms with Crippen molar-refractivity contribution in [3.63, 3.8) is 0 Å². The summed E-state index contributed by atoms with van der Waals surface area (Å²) in [5.74, 6) is -0.234. The molecule has 1 heterocycles. The zero-order valence-corrected chi connectivity index (χ0v) is 18.0. The molecule has 0 radical (unpaired) electrons. The number of fused-ring (bicyclic) bond motifs is 1. The first-order valence-corrected chi connectivity index (χ1v) is 10.2. The maximum atomic E-state index is 11.0. The second-order valence-corrected chi connectivity index (χ2v) is 7.71. The summed E-state index contributed by atoms with van der Waals surface area (Å²) in [4.78, 5) is 18.6. The number of benzene rings is 3. The normalized spacial score (nSPS) is 11.3. The van der Waals surface area contributed by atoms with Crippen LogP contribution in [0.3, 0.4) is 0 Å². The number of H-pyrrole nitrogens is 1. The van der Waals surface area contributed by atoms with E-state index in [0.29, 0.717) is 22.2 Å². The van der Waals surface area contributed by atoms with Gasteiger partial charge in [-0.1, -0.05) is 47.5 Å². The quantitative estimate of drug-likeness (QED) is 0.331. The van der Waals surface area contributed by atoms with E-state index in [1.807, 2.05) is 24.3 Å². The molecule has 8 heteroatoms. The molecule has 0 atom stereocenters. The van der Waals surface area contributed by atoms with Gasteiger partial charge in [0.05, 0.1) is 27.2 Å². The maximum Gasteiger partial charge on any atom is 0.335 e. The minimum Gasteiger partial charge on any atom is -0.487 e. The Morgan fingerprint density at radius 1 is 1.16 bits per heavy atom. The minimum atomic E-state index is -1.000. The summed E-state index contributed by atoms with van der Waals surface area (Å²) in [5, 5.41) is 19.4. The van der Waals surface area contributed by atoms with Crippen LogP contribution in [0, 0.1) is 11.3 Å². The second kappa shape index (κ2) is 9.15. The average molecular weight is 464 g/mol. The summed E-state index contributed by atoms with van der Waals surface area (Å²) in [7, 11) is 0. The Labute approximate surface area is 193 Å². The number of carbonyl (C=O) groups is 1. The van der Waals surface area contributed by atoms with Gasteiger partial charge in [-0.3, -0.25) is 0 Å². The van der Waals surface area contributed by atoms with Crippen LogP contribution in [0.15, 0.2) is 60.7 Å². The Morgan fingerprint density at radius 3 is 2.59 bits per heavy atom. The number of nitrogens with one attached hydrogen (secondary N) is 1. The fourth-order valence-electron chi connectivity index (χ4n) is 3.13. The third kappa shape index (κ3) is 4.59. The standard InChI is InChI=1S/C24H15Cl2N3O3/c25-18-10-16(9-17(12-27)23-28-20-3-1-2-4-21(20)29-23)22(19(26)11-18)32-13-14-5-7-15(8-6-14)24(30)31/h1-11H,13H2,(H,28,29)(H,30,31)/b17-9+. The molecule has 3 aromatic carbocycles. The number of nitrogens with zero attached hydrogens (tertiary/aromatic N) is 2. The number of hydrogen-bond acceptors (Lipinski definition) is 4. The first-order valence-electron chi connectivity index (χ1n) is 9.45. The van der Waals surface area contributed by atoms with E-state index in [-0.39, 0.29) is 22.8 Å². The van der Waals surface area contributed by atoms with Crippen molar-refractivity contribution >= 4 is 51.9 Å². The molecule has 0 amide bonds. The number of allylic oxidation sites excluding steroid dienone is 1. The molecule has 6 nitrogen and oxygen atoms in total. The number of aromatic amines is 1. The summed E-state index contributed by atoms with van der Waals surface area (Å²) < 4.78 is 5.93. The molecule has 2 N–H and O–H groups in total. The third-order valence-corrected chi connectivity index (χ3v) is 5.18. The summed E-state index contributed by atoms with van der Waals surface area (Å²) >= 11 is 12.6. The highest BCUT2D eigenvalue weighted by Crippen LogP contribution is 2.35. The Bertz CT molecular complexity index is 1350. The van der Waals surface area contributed by atoms with Crippen molar-refractivity contribution < 1.29 is 14.6 Å². The SMILES string of the molecule is N#C/C(=C\c1cc(Cl)cc(Cl)c1OCc1ccc(C(=O)O)cc1)c1nc2ccccc2[nH]1. The molecule has 0 aliphatic carbocycles. The van der Waals surface area contributed by atoms with Gasteiger partial charge in [-0.2, -0.15) is 5.26 Å². The van der Waals surface area contributed by atoms with Crippen LogP contribution < -0.4 is 4.74 Å². The van der Waals surface area contributed by atoms with Crippen molar-refractivity contribution in [1.29, 1.82) is 5.26 Å². The fourth-order valence-corrected chi connectivity index (χ4v) is 3.69. The zero-order valence-electron chi connectivity index (χ0n) is 16.5. The van der Waals surface area contributed by atoms with Crippen molar-refractivity contribution in [2.24, 2.45) is 0 Å². The Kier molecular flexibility index (Phi) is 6.13. The van der Waals surface area contributed by atoms with Gasteiger partial charge in [-0.15, -0.1) is 0 Å². The highest BCUT2D eigenvalue weighted by molar-refractivity contribution is 6.36. The lowest BCUT2D eigenvalue weighted by molar-refractivity contribution is 0.0697. The number of carboxylic acid groups (broad SMARTS) is 1. The van der Waals surface area contributed by atoms with Gasteiger partial charge in [-0.05, 0) is 48.0 Å². The summed E-state index contributed by atoms with van der Waals surface area (Å²) in [6, 6.07) is 19.2. The molecule has 0 aliphatic heterocycles. The number of carboxylic acids is 1. The van der Waals surface area contributed by atoms with Gasteiger partial charge in [0, 0.05) is 10.6 Å². The molecule has 1 aromatic heterocycles. The lowest BCUT2D eigenvalue weighted by Crippen LogP contribution is -2.00. The highest BCUT2D eigenvalue weighted by atomic mass is 35.5. The largest absolute Gasteiger partial charge is 0.487 e. The molecule has 4 aromatic rings. The van der Waals surface area contributed by atoms with Gasteiger partial charge in [0.25, 0.3) is 0 Å². The lowest BCUT2D eigenvalue weighted by Gasteiger charge is -2.12. The van der Waals surface area contributed by atoms with Crippen molar-refractivity contribution in [2.45, 2.75) is 6.61 Å². The van der Waals surface area contributed by atoms with E-state index in [0.717, 1.165) is 16.6 Å². The van der Waals surface area contributed by atoms with E-state index in [1.54, 1.807) is 30.3 Å². The Balaban J connectivity index is 1.67. The molecule has 32 heavy (non-hydrogen) atoms. The van der Waals surface area contributed by atoms with Crippen LogP contribution in [0.2, 0.25) is 10.0 Å². The Hall–Kier alpha value is -3.79. The van der Waals surface area contributed by atoms with E-state index in [2.05, 4.69) is 16.0 Å². The predicted octanol–water partition coefficient (Wildman–Crippen LogP) is 6.21. The summed E-state index contributed by atoms with van der Waals surface area (Å²) in [6.07, 6.45) is 1.61. The molecule has 0 saturated carbocycles. The smallest absolute Gasteiger partial charge is 0.335 e. The van der Waals surface area contributed by atoms with Crippen molar-refractivity contribution in [1.82, 2.24) is 9.97 Å². The number of halogens is 2. The number of rotatable bonds is 6. The average Bonchev–Trinajstić information content (AvgIpc) is 3.21. The molecule has 0 unspecified atom stereocenters. The highest BCUT2D eigenvalue weighted by Gasteiger charge is 2.14. The monoisotopic (exact) mass is 463 g/mol. The van der Waals surface area contributed by atoms with E-state index in [1.165, 1.54) is 12.1 Å². The van der Waals surface area contributed by atoms with Crippen LogP contribution in [-0.2, 0) is 6.61 Å². The minimum absolute atomic E-state index is 0.147. The van der Waals surface area contributed by atoms with Gasteiger partial charge in [0.15, 0.2) is 0 Å². The molecule has 0 spiro atoms. The van der Waals surface area contributed by atoms with Crippen LogP contribution in [-0.4, -0.2) is 21.0 Å². The van der Waals surface area contributed by atoms with Crippen LogP contribution >= 0.6 is 23.2 Å². The number of para-hydroxylation sites is 2. The van der Waals surface area contributed by atoms with Crippen molar-refractivity contribution in [2.75, 3.05) is 0 Å². The molecular formula is C24H15Cl2N3O3. The van der Waals surface area contributed by atoms with Crippen molar-refractivity contribution in [3.8, 4) is 11.8 Å². The first kappa shape index (κ1) is 21.4. The second-order valence-electron chi connectivity index (χ2n) is 6.87. The molecule has 158 valence electrons. The van der Waals surface area contributed by atoms with Crippen LogP contribution in [0.25, 0.3) is 22.7 Å². The molecule has 0 aliphatic rings. The molecule has 4 rings (SSSR count). The van der Waals surface area contributed by atoms with Gasteiger partial charge in [0.1, 0.15) is 24.3 Å². The Morgan fingerprint density at radius 2 is 1.91 bits per heavy atom. The van der Waals surface area contributed by atoms with Gasteiger partial charge in [0.2, 0.25) is 0 Å². The topological polar surface area (TPSA) is 99.0 Å². The third-order valence-electron chi connectivity index (χ3n) is 4.69. The van der Waals surface area contributed by atoms with Gasteiger partial charge < -0.3 is 14.8 Å². The summed E-state index contributed by atoms with van der Waals surface area (Å²) in [6.45, 7) is 0.147. The van der Waals surface area contributed by atoms with Crippen molar-refractivity contribution in [3.05, 3.63) is 93.2 Å². The molecular weight excluding hydrogens is 449 g/mol. The van der Waals surface area contributed by atoms with E-state index < -0.39 is 5.97 Å². The number of ether oxygens (including phenoxy) is 1. The number of hydrogen-bond donors (Lipinski definition) is 2.